The molecular formula is C17H16N4O3. The van der Waals surface area contributed by atoms with Gasteiger partial charge in [-0.2, -0.15) is 5.10 Å². The smallest absolute Gasteiger partial charge is 0.303 e. The molecule has 7 nitrogen and oxygen atoms in total. The number of rotatable bonds is 2. The number of aliphatic carboxylic acids is 1. The highest BCUT2D eigenvalue weighted by Gasteiger charge is 2.07. The molecule has 1 aromatic carbocycles. The van der Waals surface area contributed by atoms with Gasteiger partial charge in [0.05, 0.1) is 5.69 Å². The van der Waals surface area contributed by atoms with Crippen LogP contribution in [-0.2, 0) is 4.79 Å². The van der Waals surface area contributed by atoms with E-state index in [1.165, 1.54) is 0 Å². The van der Waals surface area contributed by atoms with Gasteiger partial charge >= 0.3 is 5.97 Å². The average molecular weight is 324 g/mol. The molecule has 0 bridgehead atoms. The van der Waals surface area contributed by atoms with Crippen molar-refractivity contribution in [1.82, 2.24) is 20.2 Å². The lowest BCUT2D eigenvalue weighted by molar-refractivity contribution is -0.136. The summed E-state index contributed by atoms with van der Waals surface area (Å²) < 4.78 is 0. The van der Waals surface area contributed by atoms with E-state index in [1.54, 1.807) is 19.3 Å². The Balaban J connectivity index is 0.000000300. The van der Waals surface area contributed by atoms with Crippen molar-refractivity contribution < 1.29 is 9.90 Å². The van der Waals surface area contributed by atoms with Gasteiger partial charge in [0.1, 0.15) is 5.52 Å². The van der Waals surface area contributed by atoms with Gasteiger partial charge in [-0.3, -0.25) is 14.7 Å². The predicted octanol–water partition coefficient (Wildman–Crippen LogP) is 2.88. The van der Waals surface area contributed by atoms with E-state index in [9.17, 15) is 9.59 Å². The standard InChI is InChI=1S/C14H10N4O.C3H6O2/c19-14-13-9(3-5-15-13)10-7-8(1-2-12(10)17-14)11-4-6-16-18-11;1-2-3(4)5/h1-7,15H,(H,16,18)(H,17,19);2H2,1H3,(H,4,5). The van der Waals surface area contributed by atoms with E-state index in [0.717, 1.165) is 27.5 Å². The lowest BCUT2D eigenvalue weighted by Gasteiger charge is -2.03. The highest BCUT2D eigenvalue weighted by Crippen LogP contribution is 2.25. The first kappa shape index (κ1) is 15.5. The summed E-state index contributed by atoms with van der Waals surface area (Å²) >= 11 is 0. The SMILES string of the molecule is CCC(=O)O.O=c1[nH]c2ccc(-c3ccn[nH]3)cc2c2cc[nH]c12. The van der Waals surface area contributed by atoms with Crippen LogP contribution in [0.5, 0.6) is 0 Å². The lowest BCUT2D eigenvalue weighted by Crippen LogP contribution is -2.05. The molecule has 122 valence electrons. The minimum atomic E-state index is -0.745. The van der Waals surface area contributed by atoms with Crippen LogP contribution in [-0.4, -0.2) is 31.2 Å². The minimum Gasteiger partial charge on any atom is -0.481 e. The number of carbonyl (C=O) groups is 1. The van der Waals surface area contributed by atoms with E-state index in [2.05, 4.69) is 26.2 Å². The van der Waals surface area contributed by atoms with Crippen LogP contribution in [0.25, 0.3) is 33.1 Å². The summed E-state index contributed by atoms with van der Waals surface area (Å²) in [5.41, 5.74) is 3.34. The Labute approximate surface area is 136 Å². The van der Waals surface area contributed by atoms with Gasteiger partial charge in [0.2, 0.25) is 0 Å². The maximum Gasteiger partial charge on any atom is 0.303 e. The van der Waals surface area contributed by atoms with Gasteiger partial charge < -0.3 is 15.1 Å². The molecule has 0 amide bonds. The monoisotopic (exact) mass is 324 g/mol. The number of hydrogen-bond donors (Lipinski definition) is 4. The van der Waals surface area contributed by atoms with Gasteiger partial charge in [-0.25, -0.2) is 0 Å². The van der Waals surface area contributed by atoms with Crippen molar-refractivity contribution in [3.05, 3.63) is 53.1 Å². The number of H-pyrrole nitrogens is 3. The number of aromatic amines is 3. The zero-order valence-corrected chi connectivity index (χ0v) is 13.0. The summed E-state index contributed by atoms with van der Waals surface area (Å²) in [5.74, 6) is -0.745. The molecule has 0 aliphatic carbocycles. The Bertz CT molecular complexity index is 1040. The third kappa shape index (κ3) is 2.91. The average Bonchev–Trinajstić information content (AvgIpc) is 3.27. The molecule has 0 aliphatic rings. The summed E-state index contributed by atoms with van der Waals surface area (Å²) in [6.45, 7) is 1.60. The van der Waals surface area contributed by atoms with Crippen LogP contribution in [0.2, 0.25) is 0 Å². The van der Waals surface area contributed by atoms with Crippen LogP contribution >= 0.6 is 0 Å². The third-order valence-corrected chi connectivity index (χ3v) is 3.65. The van der Waals surface area contributed by atoms with E-state index >= 15 is 0 Å². The molecule has 7 heteroatoms. The summed E-state index contributed by atoms with van der Waals surface area (Å²) in [7, 11) is 0. The number of aromatic nitrogens is 4. The maximum absolute atomic E-state index is 11.9. The molecule has 0 aliphatic heterocycles. The molecule has 0 spiro atoms. The molecule has 0 radical (unpaired) electrons. The van der Waals surface area contributed by atoms with Crippen molar-refractivity contribution in [1.29, 1.82) is 0 Å². The van der Waals surface area contributed by atoms with Gasteiger partial charge in [0, 0.05) is 40.7 Å². The fourth-order valence-corrected chi connectivity index (χ4v) is 2.43. The Morgan fingerprint density at radius 1 is 1.21 bits per heavy atom. The summed E-state index contributed by atoms with van der Waals surface area (Å²) in [4.78, 5) is 27.1. The normalized spacial score (nSPS) is 10.5. The molecule has 4 rings (SSSR count). The van der Waals surface area contributed by atoms with Crippen molar-refractivity contribution in [2.24, 2.45) is 0 Å². The Hall–Kier alpha value is -3.35. The van der Waals surface area contributed by atoms with Crippen LogP contribution < -0.4 is 5.56 Å². The first-order valence-electron chi connectivity index (χ1n) is 7.45. The third-order valence-electron chi connectivity index (χ3n) is 3.65. The number of benzene rings is 1. The molecule has 0 saturated carbocycles. The zero-order valence-electron chi connectivity index (χ0n) is 13.0. The molecule has 3 aromatic heterocycles. The van der Waals surface area contributed by atoms with Crippen LogP contribution in [0.1, 0.15) is 13.3 Å². The topological polar surface area (TPSA) is 115 Å². The molecule has 3 heterocycles. The van der Waals surface area contributed by atoms with E-state index in [0.29, 0.717) is 5.52 Å². The zero-order chi connectivity index (χ0) is 17.1. The maximum atomic E-state index is 11.9. The number of fused-ring (bicyclic) bond motifs is 3. The second kappa shape index (κ2) is 6.41. The van der Waals surface area contributed by atoms with E-state index in [1.807, 2.05) is 24.3 Å². The molecular weight excluding hydrogens is 308 g/mol. The molecule has 0 saturated heterocycles. The predicted molar refractivity (Wildman–Crippen MR) is 91.9 cm³/mol. The minimum absolute atomic E-state index is 0.0956. The Morgan fingerprint density at radius 2 is 2.00 bits per heavy atom. The van der Waals surface area contributed by atoms with E-state index in [4.69, 9.17) is 5.11 Å². The van der Waals surface area contributed by atoms with Gasteiger partial charge in [0.25, 0.3) is 5.56 Å². The second-order valence-electron chi connectivity index (χ2n) is 5.20. The van der Waals surface area contributed by atoms with E-state index in [-0.39, 0.29) is 12.0 Å². The highest BCUT2D eigenvalue weighted by molar-refractivity contribution is 6.05. The number of nitrogens with zero attached hydrogens (tertiary/aromatic N) is 1. The van der Waals surface area contributed by atoms with Crippen molar-refractivity contribution in [3.8, 4) is 11.3 Å². The molecule has 0 atom stereocenters. The van der Waals surface area contributed by atoms with Crippen LogP contribution in [0, 0.1) is 0 Å². The Morgan fingerprint density at radius 3 is 2.67 bits per heavy atom. The largest absolute Gasteiger partial charge is 0.481 e. The fraction of sp³-hybridized carbons (Fsp3) is 0.118. The Kier molecular flexibility index (Phi) is 4.15. The number of nitrogens with one attached hydrogen (secondary N) is 3. The number of pyridine rings is 1. The fourth-order valence-electron chi connectivity index (χ4n) is 2.43. The van der Waals surface area contributed by atoms with Crippen molar-refractivity contribution in [3.63, 3.8) is 0 Å². The van der Waals surface area contributed by atoms with Gasteiger partial charge in [-0.15, -0.1) is 0 Å². The number of carboxylic acids is 1. The number of carboxylic acid groups (broad SMARTS) is 1. The second-order valence-corrected chi connectivity index (χ2v) is 5.20. The highest BCUT2D eigenvalue weighted by atomic mass is 16.4. The van der Waals surface area contributed by atoms with Crippen molar-refractivity contribution in [2.75, 3.05) is 0 Å². The molecule has 4 N–H and O–H groups in total. The van der Waals surface area contributed by atoms with Crippen LogP contribution in [0.4, 0.5) is 0 Å². The van der Waals surface area contributed by atoms with Crippen LogP contribution in [0.3, 0.4) is 0 Å². The molecule has 0 fully saturated rings. The summed E-state index contributed by atoms with van der Waals surface area (Å²) in [6.07, 6.45) is 3.72. The van der Waals surface area contributed by atoms with Gasteiger partial charge in [-0.05, 0) is 24.3 Å². The molecule has 24 heavy (non-hydrogen) atoms. The quantitative estimate of drug-likeness (QED) is 0.454. The van der Waals surface area contributed by atoms with E-state index < -0.39 is 5.97 Å². The molecule has 0 unspecified atom stereocenters. The van der Waals surface area contributed by atoms with Crippen LogP contribution in [0.15, 0.2) is 47.5 Å². The number of hydrogen-bond acceptors (Lipinski definition) is 3. The lowest BCUT2D eigenvalue weighted by atomic mass is 10.1. The summed E-state index contributed by atoms with van der Waals surface area (Å²) in [5, 5.41) is 16.6. The van der Waals surface area contributed by atoms with Gasteiger partial charge in [0.15, 0.2) is 0 Å². The van der Waals surface area contributed by atoms with Crippen molar-refractivity contribution in [2.45, 2.75) is 13.3 Å². The summed E-state index contributed by atoms with van der Waals surface area (Å²) in [6, 6.07) is 9.77. The van der Waals surface area contributed by atoms with Gasteiger partial charge in [-0.1, -0.05) is 13.0 Å². The molecule has 4 aromatic rings. The first-order valence-corrected chi connectivity index (χ1v) is 7.45. The van der Waals surface area contributed by atoms with Crippen molar-refractivity contribution >= 4 is 27.8 Å². The first-order chi connectivity index (χ1) is 11.6.